The molecule has 0 aliphatic heterocycles. The van der Waals surface area contributed by atoms with E-state index in [0.717, 1.165) is 23.1 Å². The van der Waals surface area contributed by atoms with Gasteiger partial charge in [-0.2, -0.15) is 0 Å². The summed E-state index contributed by atoms with van der Waals surface area (Å²) in [5.41, 5.74) is 3.01. The van der Waals surface area contributed by atoms with Crippen LogP contribution in [-0.2, 0) is 29.0 Å². The number of carbonyl (C=O) groups excluding carboxylic acids is 2. The highest BCUT2D eigenvalue weighted by Gasteiger charge is 2.26. The highest BCUT2D eigenvalue weighted by atomic mass is 35.5. The van der Waals surface area contributed by atoms with Crippen LogP contribution >= 0.6 is 11.6 Å². The van der Waals surface area contributed by atoms with Gasteiger partial charge >= 0.3 is 0 Å². The van der Waals surface area contributed by atoms with Crippen molar-refractivity contribution in [3.8, 4) is 0 Å². The Hall–Kier alpha value is -3.11. The van der Waals surface area contributed by atoms with Gasteiger partial charge in [0.2, 0.25) is 11.8 Å². The fourth-order valence-corrected chi connectivity index (χ4v) is 3.49. The molecule has 4 nitrogen and oxygen atoms in total. The van der Waals surface area contributed by atoms with Gasteiger partial charge in [0, 0.05) is 18.1 Å². The normalized spacial score (nSPS) is 11.5. The van der Waals surface area contributed by atoms with Crippen molar-refractivity contribution in [3.63, 3.8) is 0 Å². The molecular weight excluding hydrogens is 408 g/mol. The topological polar surface area (TPSA) is 49.4 Å². The summed E-state index contributed by atoms with van der Waals surface area (Å²) in [5, 5.41) is 3.61. The van der Waals surface area contributed by atoms with Crippen molar-refractivity contribution in [2.75, 3.05) is 6.54 Å². The van der Waals surface area contributed by atoms with Crippen LogP contribution in [0.15, 0.2) is 84.9 Å². The molecule has 31 heavy (non-hydrogen) atoms. The molecular formula is C26H27ClN2O2. The van der Waals surface area contributed by atoms with Crippen LogP contribution in [0.5, 0.6) is 0 Å². The number of hydrogen-bond donors (Lipinski definition) is 1. The lowest BCUT2D eigenvalue weighted by atomic mass is 10.1. The lowest BCUT2D eigenvalue weighted by Crippen LogP contribution is -2.48. The van der Waals surface area contributed by atoms with Gasteiger partial charge in [-0.25, -0.2) is 0 Å². The third kappa shape index (κ3) is 6.97. The van der Waals surface area contributed by atoms with E-state index in [0.29, 0.717) is 18.1 Å². The quantitative estimate of drug-likeness (QED) is 0.532. The van der Waals surface area contributed by atoms with E-state index in [2.05, 4.69) is 5.32 Å². The third-order valence-electron chi connectivity index (χ3n) is 5.19. The van der Waals surface area contributed by atoms with Crippen molar-refractivity contribution in [3.05, 3.63) is 107 Å². The van der Waals surface area contributed by atoms with Gasteiger partial charge in [-0.05, 0) is 42.2 Å². The van der Waals surface area contributed by atoms with Crippen molar-refractivity contribution < 1.29 is 9.59 Å². The Balaban J connectivity index is 1.68. The van der Waals surface area contributed by atoms with Crippen molar-refractivity contribution in [1.82, 2.24) is 10.2 Å². The summed E-state index contributed by atoms with van der Waals surface area (Å²) in [6, 6.07) is 26.3. The Bertz CT molecular complexity index is 975. The Morgan fingerprint density at radius 2 is 1.42 bits per heavy atom. The molecule has 0 saturated heterocycles. The van der Waals surface area contributed by atoms with E-state index in [4.69, 9.17) is 11.6 Å². The molecule has 1 N–H and O–H groups in total. The van der Waals surface area contributed by atoms with Gasteiger partial charge in [0.1, 0.15) is 6.04 Å². The maximum atomic E-state index is 13.1. The molecule has 3 aromatic rings. The number of hydrogen-bond acceptors (Lipinski definition) is 2. The first-order valence-electron chi connectivity index (χ1n) is 10.4. The van der Waals surface area contributed by atoms with Crippen LogP contribution in [0.4, 0.5) is 0 Å². The van der Waals surface area contributed by atoms with Gasteiger partial charge < -0.3 is 10.2 Å². The second-order valence-electron chi connectivity index (χ2n) is 7.51. The van der Waals surface area contributed by atoms with Crippen LogP contribution in [0.1, 0.15) is 23.6 Å². The molecule has 0 aliphatic rings. The standard InChI is InChI=1S/C26H27ClN2O2/c1-20(26(31)28-17-16-21-8-4-2-5-9-21)29(19-23-12-14-24(27)15-13-23)25(30)18-22-10-6-3-7-11-22/h2-15,20H,16-19H2,1H3,(H,28,31)/t20-/m0/s1. The monoisotopic (exact) mass is 434 g/mol. The zero-order valence-electron chi connectivity index (χ0n) is 17.6. The van der Waals surface area contributed by atoms with Crippen LogP contribution in [0, 0.1) is 0 Å². The van der Waals surface area contributed by atoms with E-state index in [1.807, 2.05) is 72.8 Å². The predicted octanol–water partition coefficient (Wildman–Crippen LogP) is 4.66. The second kappa shape index (κ2) is 11.3. The fraction of sp³-hybridized carbons (Fsp3) is 0.231. The summed E-state index contributed by atoms with van der Waals surface area (Å²) in [7, 11) is 0. The Kier molecular flexibility index (Phi) is 8.25. The van der Waals surface area contributed by atoms with Crippen LogP contribution in [0.2, 0.25) is 5.02 Å². The first-order chi connectivity index (χ1) is 15.0. The van der Waals surface area contributed by atoms with Crippen LogP contribution in [0.3, 0.4) is 0 Å². The maximum absolute atomic E-state index is 13.1. The lowest BCUT2D eigenvalue weighted by molar-refractivity contribution is -0.140. The van der Waals surface area contributed by atoms with E-state index in [9.17, 15) is 9.59 Å². The fourth-order valence-electron chi connectivity index (χ4n) is 3.36. The minimum absolute atomic E-state index is 0.0909. The summed E-state index contributed by atoms with van der Waals surface area (Å²) in [6.07, 6.45) is 0.991. The number of amides is 2. The lowest BCUT2D eigenvalue weighted by Gasteiger charge is -2.29. The van der Waals surface area contributed by atoms with Crippen LogP contribution in [0.25, 0.3) is 0 Å². The number of nitrogens with one attached hydrogen (secondary N) is 1. The Morgan fingerprint density at radius 1 is 0.839 bits per heavy atom. The summed E-state index contributed by atoms with van der Waals surface area (Å²) < 4.78 is 0. The zero-order valence-corrected chi connectivity index (χ0v) is 18.4. The van der Waals surface area contributed by atoms with E-state index >= 15 is 0 Å². The van der Waals surface area contributed by atoms with Crippen molar-refractivity contribution >= 4 is 23.4 Å². The number of halogens is 1. The minimum atomic E-state index is -0.595. The molecule has 0 fully saturated rings. The zero-order chi connectivity index (χ0) is 22.1. The smallest absolute Gasteiger partial charge is 0.242 e. The van der Waals surface area contributed by atoms with Crippen LogP contribution in [-0.4, -0.2) is 29.3 Å². The molecule has 5 heteroatoms. The first kappa shape index (κ1) is 22.6. The second-order valence-corrected chi connectivity index (χ2v) is 7.95. The molecule has 160 valence electrons. The molecule has 1 atom stereocenters. The number of benzene rings is 3. The Labute approximate surface area is 188 Å². The van der Waals surface area contributed by atoms with E-state index in [1.165, 1.54) is 0 Å². The average molecular weight is 435 g/mol. The third-order valence-corrected chi connectivity index (χ3v) is 5.44. The minimum Gasteiger partial charge on any atom is -0.354 e. The predicted molar refractivity (Wildman–Crippen MR) is 125 cm³/mol. The van der Waals surface area contributed by atoms with Crippen LogP contribution < -0.4 is 5.32 Å². The molecule has 0 radical (unpaired) electrons. The van der Waals surface area contributed by atoms with Gasteiger partial charge in [0.15, 0.2) is 0 Å². The number of nitrogens with zero attached hydrogens (tertiary/aromatic N) is 1. The van der Waals surface area contributed by atoms with E-state index in [-0.39, 0.29) is 18.2 Å². The Morgan fingerprint density at radius 3 is 2.03 bits per heavy atom. The molecule has 0 bridgehead atoms. The summed E-state index contributed by atoms with van der Waals surface area (Å²) in [6.45, 7) is 2.64. The largest absolute Gasteiger partial charge is 0.354 e. The first-order valence-corrected chi connectivity index (χ1v) is 10.8. The molecule has 0 heterocycles. The number of carbonyl (C=O) groups is 2. The van der Waals surface area contributed by atoms with Crippen molar-refractivity contribution in [2.45, 2.75) is 32.4 Å². The van der Waals surface area contributed by atoms with Gasteiger partial charge in [0.05, 0.1) is 6.42 Å². The van der Waals surface area contributed by atoms with Gasteiger partial charge in [-0.3, -0.25) is 9.59 Å². The van der Waals surface area contributed by atoms with E-state index < -0.39 is 6.04 Å². The molecule has 2 amide bonds. The highest BCUT2D eigenvalue weighted by molar-refractivity contribution is 6.30. The van der Waals surface area contributed by atoms with Gasteiger partial charge in [-0.15, -0.1) is 0 Å². The SMILES string of the molecule is C[C@@H](C(=O)NCCc1ccccc1)N(Cc1ccc(Cl)cc1)C(=O)Cc1ccccc1. The average Bonchev–Trinajstić information content (AvgIpc) is 2.79. The maximum Gasteiger partial charge on any atom is 0.242 e. The molecule has 0 saturated carbocycles. The summed E-state index contributed by atoms with van der Waals surface area (Å²) >= 11 is 5.99. The van der Waals surface area contributed by atoms with Crippen molar-refractivity contribution in [1.29, 1.82) is 0 Å². The number of rotatable bonds is 9. The summed E-state index contributed by atoms with van der Waals surface area (Å²) in [4.78, 5) is 27.6. The van der Waals surface area contributed by atoms with Gasteiger partial charge in [0.25, 0.3) is 0 Å². The molecule has 3 aromatic carbocycles. The summed E-state index contributed by atoms with van der Waals surface area (Å²) in [5.74, 6) is -0.252. The molecule has 0 spiro atoms. The molecule has 0 aromatic heterocycles. The van der Waals surface area contributed by atoms with Crippen molar-refractivity contribution in [2.24, 2.45) is 0 Å². The van der Waals surface area contributed by atoms with E-state index in [1.54, 1.807) is 24.0 Å². The van der Waals surface area contributed by atoms with Gasteiger partial charge in [-0.1, -0.05) is 84.4 Å². The molecule has 3 rings (SSSR count). The highest BCUT2D eigenvalue weighted by Crippen LogP contribution is 2.15. The molecule has 0 unspecified atom stereocenters. The molecule has 0 aliphatic carbocycles.